The second-order valence-corrected chi connectivity index (χ2v) is 5.46. The number of hydrogen-bond acceptors (Lipinski definition) is 3. The van der Waals surface area contributed by atoms with Gasteiger partial charge in [-0.15, -0.1) is 0 Å². The molecular weight excluding hydrogens is 274 g/mol. The number of benzene rings is 2. The molecule has 2 rings (SSSR count). The maximum absolute atomic E-state index is 5.58. The molecule has 0 aromatic heterocycles. The summed E-state index contributed by atoms with van der Waals surface area (Å²) < 4.78 is 11.0. The summed E-state index contributed by atoms with van der Waals surface area (Å²) in [4.78, 5) is 0. The van der Waals surface area contributed by atoms with E-state index in [0.717, 1.165) is 24.5 Å². The van der Waals surface area contributed by atoms with Gasteiger partial charge in [0.25, 0.3) is 0 Å². The zero-order chi connectivity index (χ0) is 15.9. The van der Waals surface area contributed by atoms with Crippen molar-refractivity contribution < 1.29 is 9.47 Å². The van der Waals surface area contributed by atoms with Gasteiger partial charge in [0.2, 0.25) is 0 Å². The van der Waals surface area contributed by atoms with Gasteiger partial charge in [0.1, 0.15) is 11.5 Å². The molecule has 0 saturated carbocycles. The molecule has 0 heterocycles. The van der Waals surface area contributed by atoms with E-state index in [1.165, 1.54) is 16.7 Å². The first-order valence-electron chi connectivity index (χ1n) is 7.62. The summed E-state index contributed by atoms with van der Waals surface area (Å²) in [5.41, 5.74) is 3.74. The molecule has 2 aromatic carbocycles. The van der Waals surface area contributed by atoms with Crippen molar-refractivity contribution in [1.29, 1.82) is 0 Å². The van der Waals surface area contributed by atoms with Gasteiger partial charge >= 0.3 is 0 Å². The van der Waals surface area contributed by atoms with Gasteiger partial charge in [-0.3, -0.25) is 0 Å². The van der Waals surface area contributed by atoms with Crippen LogP contribution in [-0.4, -0.2) is 27.8 Å². The Morgan fingerprint density at radius 3 is 2.32 bits per heavy atom. The van der Waals surface area contributed by atoms with Crippen molar-refractivity contribution in [2.45, 2.75) is 19.3 Å². The molecule has 1 N–H and O–H groups in total. The van der Waals surface area contributed by atoms with E-state index in [0.29, 0.717) is 0 Å². The highest BCUT2D eigenvalue weighted by molar-refractivity contribution is 5.46. The maximum atomic E-state index is 5.58. The molecule has 3 heteroatoms. The smallest absolute Gasteiger partial charge is 0.122 e. The van der Waals surface area contributed by atoms with Crippen molar-refractivity contribution in [3.05, 3.63) is 59.2 Å². The van der Waals surface area contributed by atoms with Crippen LogP contribution in [0.5, 0.6) is 11.5 Å². The third-order valence-corrected chi connectivity index (χ3v) is 3.98. The summed E-state index contributed by atoms with van der Waals surface area (Å²) in [5.74, 6) is 2.04. The molecule has 1 atom stereocenters. The maximum Gasteiger partial charge on any atom is 0.122 e. The van der Waals surface area contributed by atoms with Crippen LogP contribution in [0.1, 0.15) is 29.0 Å². The Labute approximate surface area is 133 Å². The topological polar surface area (TPSA) is 30.5 Å². The monoisotopic (exact) mass is 299 g/mol. The number of ether oxygens (including phenoxy) is 2. The Balaban J connectivity index is 2.46. The Morgan fingerprint density at radius 1 is 1.00 bits per heavy atom. The summed E-state index contributed by atoms with van der Waals surface area (Å²) in [6.07, 6.45) is 1.00. The van der Waals surface area contributed by atoms with E-state index >= 15 is 0 Å². The van der Waals surface area contributed by atoms with Gasteiger partial charge < -0.3 is 14.8 Å². The Hall–Kier alpha value is -2.00. The van der Waals surface area contributed by atoms with E-state index in [1.807, 2.05) is 19.2 Å². The molecular formula is C19H25NO2. The van der Waals surface area contributed by atoms with Crippen LogP contribution in [0.2, 0.25) is 0 Å². The molecule has 3 nitrogen and oxygen atoms in total. The van der Waals surface area contributed by atoms with Crippen molar-refractivity contribution in [3.8, 4) is 11.5 Å². The molecule has 1 unspecified atom stereocenters. The summed E-state index contributed by atoms with van der Waals surface area (Å²) in [6, 6.07) is 14.7. The first-order valence-corrected chi connectivity index (χ1v) is 7.62. The molecule has 118 valence electrons. The van der Waals surface area contributed by atoms with Gasteiger partial charge in [0.15, 0.2) is 0 Å². The second-order valence-electron chi connectivity index (χ2n) is 5.46. The van der Waals surface area contributed by atoms with Crippen molar-refractivity contribution in [2.24, 2.45) is 0 Å². The van der Waals surface area contributed by atoms with Crippen molar-refractivity contribution in [3.63, 3.8) is 0 Å². The highest BCUT2D eigenvalue weighted by atomic mass is 16.5. The number of nitrogens with one attached hydrogen (secondary N) is 1. The van der Waals surface area contributed by atoms with Gasteiger partial charge in [0, 0.05) is 11.5 Å². The van der Waals surface area contributed by atoms with Gasteiger partial charge in [-0.05, 0) is 50.7 Å². The molecule has 0 saturated heterocycles. The molecule has 22 heavy (non-hydrogen) atoms. The van der Waals surface area contributed by atoms with Gasteiger partial charge in [-0.25, -0.2) is 0 Å². The van der Waals surface area contributed by atoms with Crippen molar-refractivity contribution in [2.75, 3.05) is 27.8 Å². The minimum absolute atomic E-state index is 0.276. The summed E-state index contributed by atoms with van der Waals surface area (Å²) >= 11 is 0. The molecule has 0 aliphatic rings. The fourth-order valence-corrected chi connectivity index (χ4v) is 2.70. The first kappa shape index (κ1) is 16.4. The molecule has 0 amide bonds. The predicted molar refractivity (Wildman–Crippen MR) is 91.1 cm³/mol. The Morgan fingerprint density at radius 2 is 1.73 bits per heavy atom. The molecule has 0 bridgehead atoms. The lowest BCUT2D eigenvalue weighted by molar-refractivity contribution is 0.396. The first-order chi connectivity index (χ1) is 10.7. The summed E-state index contributed by atoms with van der Waals surface area (Å²) in [6.45, 7) is 3.05. The molecule has 2 aromatic rings. The average Bonchev–Trinajstić information content (AvgIpc) is 2.56. The Kier molecular flexibility index (Phi) is 5.84. The highest BCUT2D eigenvalue weighted by Gasteiger charge is 2.19. The van der Waals surface area contributed by atoms with Crippen LogP contribution >= 0.6 is 0 Å². The van der Waals surface area contributed by atoms with Gasteiger partial charge in [-0.2, -0.15) is 0 Å². The van der Waals surface area contributed by atoms with E-state index in [-0.39, 0.29) is 5.92 Å². The normalized spacial score (nSPS) is 12.0. The second kappa shape index (κ2) is 7.85. The predicted octanol–water partition coefficient (Wildman–Crippen LogP) is 3.75. The number of aryl methyl sites for hydroxylation is 1. The van der Waals surface area contributed by atoms with Gasteiger partial charge in [0.05, 0.1) is 14.2 Å². The standard InChI is InChI=1S/C19H25NO2/c1-14-5-7-15(8-6-14)17(11-12-20-2)18-13-16(21-3)9-10-19(18)22-4/h5-10,13,17,20H,11-12H2,1-4H3. The zero-order valence-corrected chi connectivity index (χ0v) is 13.8. The lowest BCUT2D eigenvalue weighted by Gasteiger charge is -2.21. The van der Waals surface area contributed by atoms with E-state index in [9.17, 15) is 0 Å². The number of rotatable bonds is 7. The van der Waals surface area contributed by atoms with E-state index in [1.54, 1.807) is 14.2 Å². The number of methoxy groups -OCH3 is 2. The van der Waals surface area contributed by atoms with Crippen LogP contribution in [0.15, 0.2) is 42.5 Å². The lowest BCUT2D eigenvalue weighted by atomic mass is 9.87. The minimum Gasteiger partial charge on any atom is -0.497 e. The number of hydrogen-bond donors (Lipinski definition) is 1. The molecule has 0 spiro atoms. The largest absolute Gasteiger partial charge is 0.497 e. The third kappa shape index (κ3) is 3.80. The van der Waals surface area contributed by atoms with Crippen LogP contribution in [0, 0.1) is 6.92 Å². The van der Waals surface area contributed by atoms with Gasteiger partial charge in [-0.1, -0.05) is 29.8 Å². The highest BCUT2D eigenvalue weighted by Crippen LogP contribution is 2.36. The van der Waals surface area contributed by atoms with E-state index in [4.69, 9.17) is 9.47 Å². The molecule has 0 aliphatic heterocycles. The van der Waals surface area contributed by atoms with Crippen molar-refractivity contribution in [1.82, 2.24) is 5.32 Å². The van der Waals surface area contributed by atoms with Crippen LogP contribution in [0.4, 0.5) is 0 Å². The van der Waals surface area contributed by atoms with E-state index < -0.39 is 0 Å². The quantitative estimate of drug-likeness (QED) is 0.844. The molecule has 0 fully saturated rings. The SMILES string of the molecule is CNCCC(c1ccc(C)cc1)c1cc(OC)ccc1OC. The van der Waals surface area contributed by atoms with Crippen LogP contribution in [0.3, 0.4) is 0 Å². The Bertz CT molecular complexity index is 593. The fraction of sp³-hybridized carbons (Fsp3) is 0.368. The van der Waals surface area contributed by atoms with Crippen molar-refractivity contribution >= 4 is 0 Å². The van der Waals surface area contributed by atoms with Crippen LogP contribution in [-0.2, 0) is 0 Å². The average molecular weight is 299 g/mol. The van der Waals surface area contributed by atoms with Crippen LogP contribution < -0.4 is 14.8 Å². The summed E-state index contributed by atoms with van der Waals surface area (Å²) in [7, 11) is 5.39. The lowest BCUT2D eigenvalue weighted by Crippen LogP contribution is -2.14. The summed E-state index contributed by atoms with van der Waals surface area (Å²) in [5, 5.41) is 3.24. The zero-order valence-electron chi connectivity index (χ0n) is 13.8. The molecule has 0 aliphatic carbocycles. The fourth-order valence-electron chi connectivity index (χ4n) is 2.70. The van der Waals surface area contributed by atoms with E-state index in [2.05, 4.69) is 42.6 Å². The minimum atomic E-state index is 0.276. The third-order valence-electron chi connectivity index (χ3n) is 3.98. The molecule has 0 radical (unpaired) electrons. The van der Waals surface area contributed by atoms with Crippen LogP contribution in [0.25, 0.3) is 0 Å².